The molecule has 0 aromatic heterocycles. The molecule has 4 heterocycles. The minimum absolute atomic E-state index is 1.06. The summed E-state index contributed by atoms with van der Waals surface area (Å²) in [5.41, 5.74) is 0. The van der Waals surface area contributed by atoms with Crippen molar-refractivity contribution in [1.29, 1.82) is 0 Å². The molecule has 0 amide bonds. The Bertz CT molecular complexity index is 1560. The molecule has 26 nitrogen and oxygen atoms in total. The highest BCUT2D eigenvalue weighted by Gasteiger charge is 2.56. The quantitative estimate of drug-likeness (QED) is 0.0817. The molecule has 4 saturated heterocycles. The molecule has 4 rings (SSSR count). The second-order valence-corrected chi connectivity index (χ2v) is 15.7. The van der Waals surface area contributed by atoms with Gasteiger partial charge in [-0.05, 0) is 27.7 Å². The first-order valence-corrected chi connectivity index (χ1v) is 19.6. The number of hydrogen-bond acceptors (Lipinski definition) is 23. The van der Waals surface area contributed by atoms with Crippen LogP contribution in [0.25, 0.3) is 0 Å². The van der Waals surface area contributed by atoms with Gasteiger partial charge in [0.25, 0.3) is 0 Å². The number of aliphatic hydroxyl groups is 7. The molecule has 0 radical (unpaired) electrons. The second-order valence-electron chi connectivity index (χ2n) is 12.6. The summed E-state index contributed by atoms with van der Waals surface area (Å²) in [5.74, 6) is 0. The first-order chi connectivity index (χ1) is 24.2. The standard InChI is InChI=1S/C24H42O26S3/c1-5-15(9(25)11(27)21(31)41-5)45-23-13(29)19(17(7(3)43-23)48-51(32,33)34)47-22-12(28)10(26)16(6(2)42-22)46-24-14(30)20(50-53(38,39)40)18(8(4)44-24)49-52(35,36)37/h5-31H,1-4H3,(H,32,33,34)(H,35,36,37)(H,38,39,40)/t5-,6-,7-,8-,9-,10-,11-,12-,13-,14-,15+,16+,17+,18+,19-,20-,21-,22-,23-,24-/m0/s1. The van der Waals surface area contributed by atoms with Gasteiger partial charge in [0.1, 0.15) is 73.2 Å². The van der Waals surface area contributed by atoms with Crippen LogP contribution in [-0.4, -0.2) is 197 Å². The Labute approximate surface area is 301 Å². The van der Waals surface area contributed by atoms with Crippen molar-refractivity contribution in [1.82, 2.24) is 0 Å². The van der Waals surface area contributed by atoms with Crippen LogP contribution in [0.1, 0.15) is 27.7 Å². The smallest absolute Gasteiger partial charge is 0.387 e. The number of rotatable bonds is 12. The van der Waals surface area contributed by atoms with Gasteiger partial charge in [-0.1, -0.05) is 0 Å². The minimum atomic E-state index is -5.42. The summed E-state index contributed by atoms with van der Waals surface area (Å²) in [7, 11) is -16.0. The molecule has 53 heavy (non-hydrogen) atoms. The fraction of sp³-hybridized carbons (Fsp3) is 1.00. The van der Waals surface area contributed by atoms with Gasteiger partial charge < -0.3 is 68.9 Å². The van der Waals surface area contributed by atoms with E-state index in [1.807, 2.05) is 0 Å². The van der Waals surface area contributed by atoms with E-state index in [0.29, 0.717) is 0 Å². The Balaban J connectivity index is 1.53. The minimum Gasteiger partial charge on any atom is -0.387 e. The zero-order chi connectivity index (χ0) is 40.1. The predicted molar refractivity (Wildman–Crippen MR) is 159 cm³/mol. The molecule has 0 aliphatic carbocycles. The number of hydrogen-bond donors (Lipinski definition) is 10. The van der Waals surface area contributed by atoms with Gasteiger partial charge in [0.2, 0.25) is 0 Å². The summed E-state index contributed by atoms with van der Waals surface area (Å²) in [6.45, 7) is 4.78. The van der Waals surface area contributed by atoms with E-state index in [9.17, 15) is 70.1 Å². The molecular weight excluding hydrogens is 800 g/mol. The molecule has 20 atom stereocenters. The molecular formula is C24H42O26S3. The van der Waals surface area contributed by atoms with Crippen molar-refractivity contribution < 1.29 is 120 Å². The number of ether oxygens (including phenoxy) is 7. The van der Waals surface area contributed by atoms with Gasteiger partial charge in [0, 0.05) is 0 Å². The van der Waals surface area contributed by atoms with E-state index in [2.05, 4.69) is 12.5 Å². The highest BCUT2D eigenvalue weighted by molar-refractivity contribution is 7.81. The van der Waals surface area contributed by atoms with E-state index in [4.69, 9.17) is 37.7 Å². The lowest BCUT2D eigenvalue weighted by atomic mass is 9.96. The van der Waals surface area contributed by atoms with Crippen molar-refractivity contribution >= 4 is 31.2 Å². The lowest BCUT2D eigenvalue weighted by Crippen LogP contribution is -2.66. The summed E-state index contributed by atoms with van der Waals surface area (Å²) in [6.07, 6.45) is -37.2. The highest BCUT2D eigenvalue weighted by Crippen LogP contribution is 2.36. The summed E-state index contributed by atoms with van der Waals surface area (Å²) in [4.78, 5) is 0. The lowest BCUT2D eigenvalue weighted by Gasteiger charge is -2.49. The molecule has 4 aliphatic rings. The van der Waals surface area contributed by atoms with Crippen LogP contribution in [0, 0.1) is 0 Å². The molecule has 29 heteroatoms. The molecule has 0 bridgehead atoms. The molecule has 4 aliphatic heterocycles. The van der Waals surface area contributed by atoms with Crippen molar-refractivity contribution in [3.63, 3.8) is 0 Å². The van der Waals surface area contributed by atoms with Crippen LogP contribution in [0.2, 0.25) is 0 Å². The third-order valence-corrected chi connectivity index (χ3v) is 10.0. The topological polar surface area (TPSA) is 397 Å². The molecule has 0 spiro atoms. The van der Waals surface area contributed by atoms with Gasteiger partial charge in [-0.15, -0.1) is 0 Å². The predicted octanol–water partition coefficient (Wildman–Crippen LogP) is -6.16. The summed E-state index contributed by atoms with van der Waals surface area (Å²) in [5, 5.41) is 74.3. The van der Waals surface area contributed by atoms with Gasteiger partial charge in [-0.25, -0.2) is 12.5 Å². The Morgan fingerprint density at radius 1 is 0.377 bits per heavy atom. The molecule has 0 saturated carbocycles. The van der Waals surface area contributed by atoms with Gasteiger partial charge in [-0.2, -0.15) is 25.3 Å². The SMILES string of the molecule is C[C@@H]1O[C@@H](O[C@H]2[C@H](O)[C@H](O[C@H]3[C@@H](O)[C@H](O)[C@@H](O)O[C@H]3C)O[C@@H](C)[C@H]2OS(=O)(=O)O)[C@@H](O)[C@H](O)[C@@H]1O[C@@H]1O[C@@H](C)[C@@H](OS(=O)(=O)O)[C@@H](OS(=O)(=O)O)[C@@H]1O. The van der Waals surface area contributed by atoms with Gasteiger partial charge >= 0.3 is 31.2 Å². The maximum Gasteiger partial charge on any atom is 0.397 e. The summed E-state index contributed by atoms with van der Waals surface area (Å²) < 4.78 is 148. The van der Waals surface area contributed by atoms with Crippen LogP contribution in [-0.2, 0) is 76.9 Å². The van der Waals surface area contributed by atoms with E-state index in [1.165, 1.54) is 20.8 Å². The van der Waals surface area contributed by atoms with E-state index in [0.717, 1.165) is 6.92 Å². The average Bonchev–Trinajstić information content (AvgIpc) is 3.01. The van der Waals surface area contributed by atoms with Crippen LogP contribution in [0.15, 0.2) is 0 Å². The number of aliphatic hydroxyl groups excluding tert-OH is 7. The molecule has 312 valence electrons. The molecule has 0 aromatic carbocycles. The van der Waals surface area contributed by atoms with Gasteiger partial charge in [-0.3, -0.25) is 13.7 Å². The average molecular weight is 843 g/mol. The zero-order valence-electron chi connectivity index (χ0n) is 27.8. The monoisotopic (exact) mass is 842 g/mol. The third kappa shape index (κ3) is 10.9. The fourth-order valence-corrected chi connectivity index (χ4v) is 7.73. The van der Waals surface area contributed by atoms with E-state index in [-0.39, 0.29) is 0 Å². The first-order valence-electron chi connectivity index (χ1n) is 15.5. The van der Waals surface area contributed by atoms with Crippen molar-refractivity contribution in [3.05, 3.63) is 0 Å². The lowest BCUT2D eigenvalue weighted by molar-refractivity contribution is -0.380. The molecule has 10 N–H and O–H groups in total. The fourth-order valence-electron chi connectivity index (χ4n) is 6.13. The van der Waals surface area contributed by atoms with E-state index in [1.54, 1.807) is 0 Å². The van der Waals surface area contributed by atoms with E-state index >= 15 is 0 Å². The normalized spacial score (nSPS) is 47.7. The van der Waals surface area contributed by atoms with Crippen molar-refractivity contribution in [3.8, 4) is 0 Å². The van der Waals surface area contributed by atoms with Crippen LogP contribution < -0.4 is 0 Å². The van der Waals surface area contributed by atoms with Crippen molar-refractivity contribution in [2.75, 3.05) is 0 Å². The van der Waals surface area contributed by atoms with Crippen LogP contribution in [0.5, 0.6) is 0 Å². The second kappa shape index (κ2) is 16.9. The Morgan fingerprint density at radius 2 is 0.679 bits per heavy atom. The van der Waals surface area contributed by atoms with Gasteiger partial charge in [0.15, 0.2) is 25.2 Å². The Morgan fingerprint density at radius 3 is 1.11 bits per heavy atom. The summed E-state index contributed by atoms with van der Waals surface area (Å²) in [6, 6.07) is 0. The van der Waals surface area contributed by atoms with Crippen LogP contribution in [0.3, 0.4) is 0 Å². The van der Waals surface area contributed by atoms with Gasteiger partial charge in [0.05, 0.1) is 24.4 Å². The van der Waals surface area contributed by atoms with Crippen molar-refractivity contribution in [2.24, 2.45) is 0 Å². The first kappa shape index (κ1) is 44.8. The van der Waals surface area contributed by atoms with Crippen LogP contribution >= 0.6 is 0 Å². The zero-order valence-corrected chi connectivity index (χ0v) is 30.2. The molecule has 0 unspecified atom stereocenters. The molecule has 4 fully saturated rings. The Kier molecular flexibility index (Phi) is 14.3. The van der Waals surface area contributed by atoms with E-state index < -0.39 is 154 Å². The third-order valence-electron chi connectivity index (χ3n) is 8.65. The van der Waals surface area contributed by atoms with Crippen LogP contribution in [0.4, 0.5) is 0 Å². The maximum atomic E-state index is 11.7. The largest absolute Gasteiger partial charge is 0.397 e. The maximum absolute atomic E-state index is 11.7. The summed E-state index contributed by atoms with van der Waals surface area (Å²) >= 11 is 0. The Hall–Kier alpha value is -0.950. The van der Waals surface area contributed by atoms with Crippen molar-refractivity contribution in [2.45, 2.75) is 151 Å². The molecule has 0 aromatic rings. The highest BCUT2D eigenvalue weighted by atomic mass is 32.3.